The highest BCUT2D eigenvalue weighted by Gasteiger charge is 2.09. The third kappa shape index (κ3) is 4.14. The second-order valence-electron chi connectivity index (χ2n) is 5.04. The summed E-state index contributed by atoms with van der Waals surface area (Å²) in [6, 6.07) is 8.24. The summed E-state index contributed by atoms with van der Waals surface area (Å²) in [6.07, 6.45) is 11.1. The number of rotatable bonds is 7. The van der Waals surface area contributed by atoms with Crippen molar-refractivity contribution in [3.8, 4) is 11.3 Å². The Morgan fingerprint density at radius 3 is 2.65 bits per heavy atom. The molecule has 20 heavy (non-hydrogen) atoms. The maximum Gasteiger partial charge on any atom is 0.116 e. The van der Waals surface area contributed by atoms with Crippen LogP contribution in [0, 0.1) is 0 Å². The topological polar surface area (TPSA) is 25.8 Å². The maximum absolute atomic E-state index is 4.48. The van der Waals surface area contributed by atoms with Crippen molar-refractivity contribution in [1.29, 1.82) is 0 Å². The summed E-state index contributed by atoms with van der Waals surface area (Å²) in [4.78, 5) is 8.67. The molecule has 0 aliphatic heterocycles. The normalized spacial score (nSPS) is 10.7. The second kappa shape index (κ2) is 8.15. The van der Waals surface area contributed by atoms with Crippen LogP contribution in [-0.4, -0.2) is 9.97 Å². The van der Waals surface area contributed by atoms with E-state index in [-0.39, 0.29) is 0 Å². The van der Waals surface area contributed by atoms with Gasteiger partial charge in [0, 0.05) is 16.2 Å². The van der Waals surface area contributed by atoms with Gasteiger partial charge in [0.2, 0.25) is 0 Å². The fourth-order valence-electron chi connectivity index (χ4n) is 2.36. The lowest BCUT2D eigenvalue weighted by molar-refractivity contribution is 0.631. The molecule has 0 aliphatic carbocycles. The monoisotopic (exact) mass is 332 g/mol. The van der Waals surface area contributed by atoms with Crippen molar-refractivity contribution in [3.05, 3.63) is 46.8 Å². The van der Waals surface area contributed by atoms with Crippen molar-refractivity contribution < 1.29 is 0 Å². The van der Waals surface area contributed by atoms with E-state index in [9.17, 15) is 0 Å². The molecule has 0 saturated heterocycles. The van der Waals surface area contributed by atoms with Gasteiger partial charge in [0.1, 0.15) is 6.33 Å². The van der Waals surface area contributed by atoms with Gasteiger partial charge in [0.15, 0.2) is 0 Å². The van der Waals surface area contributed by atoms with Crippen molar-refractivity contribution >= 4 is 15.9 Å². The van der Waals surface area contributed by atoms with Crippen LogP contribution in [-0.2, 0) is 6.42 Å². The van der Waals surface area contributed by atoms with Crippen LogP contribution < -0.4 is 0 Å². The van der Waals surface area contributed by atoms with Crippen LogP contribution in [0.1, 0.15) is 44.6 Å². The number of aryl methyl sites for hydroxylation is 1. The number of hydrogen-bond acceptors (Lipinski definition) is 2. The average Bonchev–Trinajstić information content (AvgIpc) is 2.48. The minimum absolute atomic E-state index is 1.06. The summed E-state index contributed by atoms with van der Waals surface area (Å²) in [5.74, 6) is 0. The predicted octanol–water partition coefficient (Wildman–Crippen LogP) is 5.42. The number of benzene rings is 1. The number of unbranched alkanes of at least 4 members (excludes halogenated alkanes) is 4. The Morgan fingerprint density at radius 2 is 1.85 bits per heavy atom. The van der Waals surface area contributed by atoms with Crippen LogP contribution in [0.5, 0.6) is 0 Å². The number of halogens is 1. The lowest BCUT2D eigenvalue weighted by Gasteiger charge is -2.09. The van der Waals surface area contributed by atoms with Gasteiger partial charge in [-0.1, -0.05) is 66.7 Å². The van der Waals surface area contributed by atoms with E-state index in [1.165, 1.54) is 37.7 Å². The standard InChI is InChI=1S/C17H21BrN2/c1-2-3-4-5-6-9-14-12-19-13-20-17(14)15-10-7-8-11-16(15)18/h7-8,10-13H,2-6,9H2,1H3. The Bertz CT molecular complexity index is 540. The molecule has 3 heteroatoms. The van der Waals surface area contributed by atoms with Gasteiger partial charge in [-0.3, -0.25) is 0 Å². The molecule has 0 spiro atoms. The largest absolute Gasteiger partial charge is 0.244 e. The molecule has 2 nitrogen and oxygen atoms in total. The summed E-state index contributed by atoms with van der Waals surface area (Å²) in [6.45, 7) is 2.25. The molecule has 0 radical (unpaired) electrons. The lowest BCUT2D eigenvalue weighted by Crippen LogP contribution is -1.96. The molecular weight excluding hydrogens is 312 g/mol. The molecule has 0 N–H and O–H groups in total. The van der Waals surface area contributed by atoms with Crippen molar-refractivity contribution in [3.63, 3.8) is 0 Å². The van der Waals surface area contributed by atoms with Gasteiger partial charge in [-0.2, -0.15) is 0 Å². The van der Waals surface area contributed by atoms with Crippen molar-refractivity contribution in [2.75, 3.05) is 0 Å². The summed E-state index contributed by atoms with van der Waals surface area (Å²) < 4.78 is 1.09. The molecule has 2 rings (SSSR count). The zero-order valence-electron chi connectivity index (χ0n) is 12.0. The molecule has 0 aliphatic rings. The average molecular weight is 333 g/mol. The smallest absolute Gasteiger partial charge is 0.116 e. The molecule has 1 aromatic heterocycles. The number of nitrogens with zero attached hydrogens (tertiary/aromatic N) is 2. The molecule has 1 heterocycles. The third-order valence-corrected chi connectivity index (χ3v) is 4.16. The van der Waals surface area contributed by atoms with Crippen LogP contribution in [0.15, 0.2) is 41.3 Å². The molecule has 0 unspecified atom stereocenters. The van der Waals surface area contributed by atoms with Gasteiger partial charge in [0.05, 0.1) is 5.69 Å². The Labute approximate surface area is 129 Å². The van der Waals surface area contributed by atoms with Gasteiger partial charge < -0.3 is 0 Å². The second-order valence-corrected chi connectivity index (χ2v) is 5.89. The van der Waals surface area contributed by atoms with E-state index < -0.39 is 0 Å². The van der Waals surface area contributed by atoms with Gasteiger partial charge in [-0.05, 0) is 24.5 Å². The molecule has 0 fully saturated rings. The zero-order valence-corrected chi connectivity index (χ0v) is 13.6. The molecule has 0 bridgehead atoms. The highest BCUT2D eigenvalue weighted by molar-refractivity contribution is 9.10. The number of aromatic nitrogens is 2. The van der Waals surface area contributed by atoms with E-state index in [2.05, 4.69) is 45.0 Å². The molecular formula is C17H21BrN2. The molecule has 0 atom stereocenters. The zero-order chi connectivity index (χ0) is 14.2. The molecule has 106 valence electrons. The first-order chi connectivity index (χ1) is 9.83. The highest BCUT2D eigenvalue weighted by Crippen LogP contribution is 2.29. The van der Waals surface area contributed by atoms with Crippen LogP contribution in [0.25, 0.3) is 11.3 Å². The van der Waals surface area contributed by atoms with Crippen molar-refractivity contribution in [2.24, 2.45) is 0 Å². The minimum Gasteiger partial charge on any atom is -0.244 e. The highest BCUT2D eigenvalue weighted by atomic mass is 79.9. The number of hydrogen-bond donors (Lipinski definition) is 0. The van der Waals surface area contributed by atoms with Crippen molar-refractivity contribution in [1.82, 2.24) is 9.97 Å². The Balaban J connectivity index is 2.09. The maximum atomic E-state index is 4.48. The SMILES string of the molecule is CCCCCCCc1cncnc1-c1ccccc1Br. The van der Waals surface area contributed by atoms with Gasteiger partial charge in [0.25, 0.3) is 0 Å². The van der Waals surface area contributed by atoms with Crippen LogP contribution in [0.4, 0.5) is 0 Å². The first-order valence-electron chi connectivity index (χ1n) is 7.36. The lowest BCUT2D eigenvalue weighted by atomic mass is 10.0. The van der Waals surface area contributed by atoms with Crippen LogP contribution >= 0.6 is 15.9 Å². The van der Waals surface area contributed by atoms with Crippen LogP contribution in [0.3, 0.4) is 0 Å². The summed E-state index contributed by atoms with van der Waals surface area (Å²) in [5, 5.41) is 0. The quantitative estimate of drug-likeness (QED) is 0.632. The molecule has 0 amide bonds. The predicted molar refractivity (Wildman–Crippen MR) is 87.6 cm³/mol. The van der Waals surface area contributed by atoms with E-state index in [0.717, 1.165) is 22.2 Å². The van der Waals surface area contributed by atoms with E-state index in [0.29, 0.717) is 0 Å². The van der Waals surface area contributed by atoms with Gasteiger partial charge in [-0.15, -0.1) is 0 Å². The van der Waals surface area contributed by atoms with Gasteiger partial charge in [-0.25, -0.2) is 9.97 Å². The molecule has 1 aromatic carbocycles. The summed E-state index contributed by atoms with van der Waals surface area (Å²) in [5.41, 5.74) is 3.46. The Hall–Kier alpha value is -1.22. The van der Waals surface area contributed by atoms with E-state index in [4.69, 9.17) is 0 Å². The fourth-order valence-corrected chi connectivity index (χ4v) is 2.83. The molecule has 0 saturated carbocycles. The first-order valence-corrected chi connectivity index (χ1v) is 8.16. The van der Waals surface area contributed by atoms with E-state index in [1.54, 1.807) is 6.33 Å². The fraction of sp³-hybridized carbons (Fsp3) is 0.412. The van der Waals surface area contributed by atoms with Crippen LogP contribution in [0.2, 0.25) is 0 Å². The summed E-state index contributed by atoms with van der Waals surface area (Å²) >= 11 is 3.61. The summed E-state index contributed by atoms with van der Waals surface area (Å²) in [7, 11) is 0. The Kier molecular flexibility index (Phi) is 6.19. The molecule has 2 aromatic rings. The minimum atomic E-state index is 1.06. The van der Waals surface area contributed by atoms with Crippen molar-refractivity contribution in [2.45, 2.75) is 45.4 Å². The van der Waals surface area contributed by atoms with E-state index in [1.807, 2.05) is 18.3 Å². The van der Waals surface area contributed by atoms with E-state index >= 15 is 0 Å². The third-order valence-electron chi connectivity index (χ3n) is 3.47. The van der Waals surface area contributed by atoms with Gasteiger partial charge >= 0.3 is 0 Å². The first kappa shape index (κ1) is 15.2. The Morgan fingerprint density at radius 1 is 1.05 bits per heavy atom.